The highest BCUT2D eigenvalue weighted by Gasteiger charge is 2.05. The first-order chi connectivity index (χ1) is 13.7. The number of aromatic nitrogens is 2. The number of imidazole rings is 1. The lowest BCUT2D eigenvalue weighted by molar-refractivity contribution is 0.306. The summed E-state index contributed by atoms with van der Waals surface area (Å²) in [5.41, 5.74) is 7.06. The number of fused-ring (bicyclic) bond motifs is 1. The van der Waals surface area contributed by atoms with Crippen molar-refractivity contribution in [1.82, 2.24) is 9.55 Å². The van der Waals surface area contributed by atoms with Gasteiger partial charge in [0.15, 0.2) is 0 Å². The maximum absolute atomic E-state index is 5.88. The molecule has 0 saturated heterocycles. The topological polar surface area (TPSA) is 51.4 Å². The highest BCUT2D eigenvalue weighted by Crippen LogP contribution is 2.18. The summed E-state index contributed by atoms with van der Waals surface area (Å²) >= 11 is 3.44. The predicted molar refractivity (Wildman–Crippen MR) is 117 cm³/mol. The summed E-state index contributed by atoms with van der Waals surface area (Å²) in [6, 6.07) is 23.9. The van der Waals surface area contributed by atoms with E-state index in [1.165, 1.54) is 0 Å². The van der Waals surface area contributed by atoms with Crippen LogP contribution in [0, 0.1) is 0 Å². The van der Waals surface area contributed by atoms with Gasteiger partial charge in [0.2, 0.25) is 5.95 Å². The first-order valence-electron chi connectivity index (χ1n) is 8.87. The fraction of sp³-hybridized carbons (Fsp3) is 0.0909. The van der Waals surface area contributed by atoms with E-state index in [0.29, 0.717) is 12.6 Å². The number of hydrogen-bond acceptors (Lipinski definition) is 4. The molecule has 0 aliphatic heterocycles. The molecule has 6 heteroatoms. The maximum Gasteiger partial charge on any atom is 0.224 e. The van der Waals surface area contributed by atoms with Crippen LogP contribution in [0.25, 0.3) is 11.0 Å². The number of nitrogens with zero attached hydrogens (tertiary/aromatic N) is 3. The third-order valence-electron chi connectivity index (χ3n) is 4.34. The van der Waals surface area contributed by atoms with Crippen molar-refractivity contribution in [3.63, 3.8) is 0 Å². The first-order valence-corrected chi connectivity index (χ1v) is 9.66. The van der Waals surface area contributed by atoms with Crippen LogP contribution in [0.2, 0.25) is 0 Å². The molecule has 0 aliphatic rings. The minimum Gasteiger partial charge on any atom is -0.489 e. The molecule has 1 aromatic heterocycles. The Hall–Kier alpha value is -3.12. The zero-order valence-corrected chi connectivity index (χ0v) is 16.9. The Morgan fingerprint density at radius 1 is 1.07 bits per heavy atom. The summed E-state index contributed by atoms with van der Waals surface area (Å²) < 4.78 is 8.92. The number of aryl methyl sites for hydroxylation is 1. The van der Waals surface area contributed by atoms with Gasteiger partial charge in [-0.2, -0.15) is 5.10 Å². The van der Waals surface area contributed by atoms with E-state index in [0.717, 1.165) is 32.4 Å². The van der Waals surface area contributed by atoms with Crippen molar-refractivity contribution in [2.45, 2.75) is 6.61 Å². The Bertz CT molecular complexity index is 1120. The summed E-state index contributed by atoms with van der Waals surface area (Å²) in [7, 11) is 1.96. The summed E-state index contributed by atoms with van der Waals surface area (Å²) in [5, 5.41) is 4.32. The van der Waals surface area contributed by atoms with Crippen LogP contribution in [-0.2, 0) is 13.7 Å². The number of hydrazone groups is 1. The normalized spacial score (nSPS) is 11.2. The highest BCUT2D eigenvalue weighted by molar-refractivity contribution is 9.10. The van der Waals surface area contributed by atoms with Gasteiger partial charge in [-0.1, -0.05) is 52.3 Å². The van der Waals surface area contributed by atoms with Crippen LogP contribution in [0.15, 0.2) is 82.4 Å². The van der Waals surface area contributed by atoms with E-state index in [9.17, 15) is 0 Å². The zero-order valence-electron chi connectivity index (χ0n) is 15.3. The second-order valence-corrected chi connectivity index (χ2v) is 7.26. The van der Waals surface area contributed by atoms with Crippen LogP contribution in [0.5, 0.6) is 5.75 Å². The second-order valence-electron chi connectivity index (χ2n) is 6.34. The van der Waals surface area contributed by atoms with E-state index in [1.54, 1.807) is 6.21 Å². The van der Waals surface area contributed by atoms with Crippen LogP contribution < -0.4 is 10.2 Å². The first kappa shape index (κ1) is 18.3. The molecule has 4 rings (SSSR count). The molecule has 0 bridgehead atoms. The number of ether oxygens (including phenoxy) is 1. The molecule has 0 radical (unpaired) electrons. The number of halogens is 1. The minimum atomic E-state index is 0.520. The number of anilines is 1. The van der Waals surface area contributed by atoms with Crippen LogP contribution in [0.3, 0.4) is 0 Å². The van der Waals surface area contributed by atoms with Gasteiger partial charge in [0.1, 0.15) is 12.4 Å². The number of para-hydroxylation sites is 2. The lowest BCUT2D eigenvalue weighted by Crippen LogP contribution is -1.99. The Labute approximate surface area is 171 Å². The fourth-order valence-electron chi connectivity index (χ4n) is 2.84. The summed E-state index contributed by atoms with van der Waals surface area (Å²) in [6.45, 7) is 0.520. The van der Waals surface area contributed by atoms with Gasteiger partial charge >= 0.3 is 0 Å². The summed E-state index contributed by atoms with van der Waals surface area (Å²) in [4.78, 5) is 4.54. The third-order valence-corrected chi connectivity index (χ3v) is 4.87. The van der Waals surface area contributed by atoms with Gasteiger partial charge in [-0.3, -0.25) is 0 Å². The smallest absolute Gasteiger partial charge is 0.224 e. The van der Waals surface area contributed by atoms with E-state index in [1.807, 2.05) is 84.4 Å². The van der Waals surface area contributed by atoms with Crippen molar-refractivity contribution in [3.05, 3.63) is 88.4 Å². The van der Waals surface area contributed by atoms with Gasteiger partial charge < -0.3 is 9.30 Å². The Balaban J connectivity index is 1.41. The van der Waals surface area contributed by atoms with Gasteiger partial charge in [0.25, 0.3) is 0 Å². The molecule has 0 spiro atoms. The van der Waals surface area contributed by atoms with E-state index in [-0.39, 0.29) is 0 Å². The van der Waals surface area contributed by atoms with Crippen LogP contribution in [-0.4, -0.2) is 15.8 Å². The van der Waals surface area contributed by atoms with E-state index >= 15 is 0 Å². The molecule has 1 heterocycles. The third kappa shape index (κ3) is 4.23. The molecule has 140 valence electrons. The zero-order chi connectivity index (χ0) is 19.3. The van der Waals surface area contributed by atoms with Crippen molar-refractivity contribution in [1.29, 1.82) is 0 Å². The van der Waals surface area contributed by atoms with Gasteiger partial charge in [-0.15, -0.1) is 0 Å². The molecule has 3 aromatic carbocycles. The van der Waals surface area contributed by atoms with Crippen molar-refractivity contribution in [2.24, 2.45) is 12.1 Å². The average Bonchev–Trinajstić information content (AvgIpc) is 3.04. The number of hydrogen-bond donors (Lipinski definition) is 1. The minimum absolute atomic E-state index is 0.520. The van der Waals surface area contributed by atoms with Crippen LogP contribution in [0.4, 0.5) is 5.95 Å². The molecule has 0 atom stereocenters. The lowest BCUT2D eigenvalue weighted by Gasteiger charge is -2.07. The monoisotopic (exact) mass is 434 g/mol. The van der Waals surface area contributed by atoms with Crippen LogP contribution in [0.1, 0.15) is 11.1 Å². The largest absolute Gasteiger partial charge is 0.489 e. The molecule has 4 aromatic rings. The highest BCUT2D eigenvalue weighted by atomic mass is 79.9. The fourth-order valence-corrected chi connectivity index (χ4v) is 3.11. The van der Waals surface area contributed by atoms with Crippen LogP contribution >= 0.6 is 15.9 Å². The molecule has 1 N–H and O–H groups in total. The summed E-state index contributed by atoms with van der Waals surface area (Å²) in [5.74, 6) is 1.50. The van der Waals surface area contributed by atoms with Gasteiger partial charge in [0.05, 0.1) is 17.2 Å². The molecule has 0 unspecified atom stereocenters. The number of nitrogens with one attached hydrogen (secondary N) is 1. The molecule has 0 saturated carbocycles. The molecule has 5 nitrogen and oxygen atoms in total. The molecule has 0 fully saturated rings. The van der Waals surface area contributed by atoms with Crippen molar-refractivity contribution in [2.75, 3.05) is 5.43 Å². The Morgan fingerprint density at radius 3 is 2.71 bits per heavy atom. The quantitative estimate of drug-likeness (QED) is 0.328. The maximum atomic E-state index is 5.88. The second kappa shape index (κ2) is 8.27. The number of benzene rings is 3. The Kier molecular flexibility index (Phi) is 5.39. The van der Waals surface area contributed by atoms with Crippen molar-refractivity contribution in [3.8, 4) is 5.75 Å². The molecular formula is C22H19BrN4O. The van der Waals surface area contributed by atoms with Gasteiger partial charge in [-0.25, -0.2) is 10.4 Å². The molecular weight excluding hydrogens is 416 g/mol. The number of rotatable bonds is 6. The molecule has 0 aliphatic carbocycles. The average molecular weight is 435 g/mol. The van der Waals surface area contributed by atoms with E-state index in [4.69, 9.17) is 4.74 Å². The van der Waals surface area contributed by atoms with Gasteiger partial charge in [0, 0.05) is 11.5 Å². The predicted octanol–water partition coefficient (Wildman–Crippen LogP) is 5.36. The van der Waals surface area contributed by atoms with Crippen molar-refractivity contribution < 1.29 is 4.74 Å². The Morgan fingerprint density at radius 2 is 1.89 bits per heavy atom. The lowest BCUT2D eigenvalue weighted by atomic mass is 10.2. The van der Waals surface area contributed by atoms with E-state index < -0.39 is 0 Å². The van der Waals surface area contributed by atoms with Crippen molar-refractivity contribution >= 4 is 39.1 Å². The SMILES string of the molecule is Cn1c(N/N=C\c2cccc(OCc3ccc(Br)cc3)c2)nc2ccccc21. The van der Waals surface area contributed by atoms with Gasteiger partial charge in [-0.05, 0) is 47.5 Å². The summed E-state index contributed by atoms with van der Waals surface area (Å²) in [6.07, 6.45) is 1.76. The molecule has 0 amide bonds. The molecule has 28 heavy (non-hydrogen) atoms. The standard InChI is InChI=1S/C22H19BrN4O/c1-27-21-8-3-2-7-20(21)25-22(27)26-24-14-17-5-4-6-19(13-17)28-15-16-9-11-18(23)12-10-16/h2-14H,15H2,1H3,(H,25,26)/b24-14-. The van der Waals surface area contributed by atoms with E-state index in [2.05, 4.69) is 31.4 Å².